The SMILES string of the molecule is CN(c1ccc(-c2ccccc2)cc1NC(=O)c1ccccc1)S(C)(=O)=O. The summed E-state index contributed by atoms with van der Waals surface area (Å²) in [6.07, 6.45) is 1.13. The van der Waals surface area contributed by atoms with E-state index in [4.69, 9.17) is 0 Å². The molecule has 0 aliphatic rings. The molecule has 5 nitrogen and oxygen atoms in total. The molecular formula is C21H20N2O3S. The van der Waals surface area contributed by atoms with Crippen LogP contribution in [0.25, 0.3) is 11.1 Å². The van der Waals surface area contributed by atoms with E-state index in [1.165, 1.54) is 7.05 Å². The van der Waals surface area contributed by atoms with Crippen molar-refractivity contribution >= 4 is 27.3 Å². The van der Waals surface area contributed by atoms with E-state index in [1.807, 2.05) is 42.5 Å². The summed E-state index contributed by atoms with van der Waals surface area (Å²) < 4.78 is 25.2. The molecule has 0 bridgehead atoms. The number of hydrogen-bond acceptors (Lipinski definition) is 3. The lowest BCUT2D eigenvalue weighted by molar-refractivity contribution is 0.102. The van der Waals surface area contributed by atoms with Crippen molar-refractivity contribution in [1.82, 2.24) is 0 Å². The molecule has 0 aromatic heterocycles. The quantitative estimate of drug-likeness (QED) is 0.727. The molecule has 0 heterocycles. The van der Waals surface area contributed by atoms with Crippen molar-refractivity contribution in [1.29, 1.82) is 0 Å². The molecule has 0 aliphatic heterocycles. The minimum absolute atomic E-state index is 0.302. The number of rotatable bonds is 5. The number of hydrogen-bond donors (Lipinski definition) is 1. The number of anilines is 2. The number of nitrogens with zero attached hydrogens (tertiary/aromatic N) is 1. The van der Waals surface area contributed by atoms with Gasteiger partial charge in [-0.15, -0.1) is 0 Å². The van der Waals surface area contributed by atoms with Gasteiger partial charge in [-0.2, -0.15) is 0 Å². The molecule has 3 aromatic carbocycles. The van der Waals surface area contributed by atoms with E-state index >= 15 is 0 Å². The smallest absolute Gasteiger partial charge is 0.255 e. The molecule has 138 valence electrons. The summed E-state index contributed by atoms with van der Waals surface area (Å²) in [5.74, 6) is -0.302. The molecule has 0 spiro atoms. The zero-order valence-corrected chi connectivity index (χ0v) is 15.9. The maximum Gasteiger partial charge on any atom is 0.255 e. The van der Waals surface area contributed by atoms with Gasteiger partial charge < -0.3 is 5.32 Å². The first-order valence-electron chi connectivity index (χ1n) is 8.36. The molecule has 3 rings (SSSR count). The minimum Gasteiger partial charge on any atom is -0.320 e. The third-order valence-corrected chi connectivity index (χ3v) is 5.42. The van der Waals surface area contributed by atoms with Crippen LogP contribution in [0.4, 0.5) is 11.4 Å². The highest BCUT2D eigenvalue weighted by atomic mass is 32.2. The second kappa shape index (κ2) is 7.63. The molecule has 0 unspecified atom stereocenters. The van der Waals surface area contributed by atoms with E-state index in [0.29, 0.717) is 16.9 Å². The Morgan fingerprint density at radius 2 is 1.44 bits per heavy atom. The van der Waals surface area contributed by atoms with E-state index in [-0.39, 0.29) is 5.91 Å². The summed E-state index contributed by atoms with van der Waals surface area (Å²) >= 11 is 0. The van der Waals surface area contributed by atoms with E-state index < -0.39 is 10.0 Å². The van der Waals surface area contributed by atoms with Crippen molar-refractivity contribution in [2.75, 3.05) is 22.9 Å². The molecule has 1 N–H and O–H groups in total. The van der Waals surface area contributed by atoms with Crippen molar-refractivity contribution in [2.45, 2.75) is 0 Å². The second-order valence-electron chi connectivity index (χ2n) is 6.15. The molecule has 1 amide bonds. The Labute approximate surface area is 159 Å². The van der Waals surface area contributed by atoms with Gasteiger partial charge in [0.2, 0.25) is 10.0 Å². The van der Waals surface area contributed by atoms with Crippen LogP contribution in [0, 0.1) is 0 Å². The second-order valence-corrected chi connectivity index (χ2v) is 8.16. The summed E-state index contributed by atoms with van der Waals surface area (Å²) in [6, 6.07) is 23.8. The minimum atomic E-state index is -3.47. The van der Waals surface area contributed by atoms with Crippen LogP contribution in [0.3, 0.4) is 0 Å². The molecular weight excluding hydrogens is 360 g/mol. The summed E-state index contributed by atoms with van der Waals surface area (Å²) in [5.41, 5.74) is 3.18. The standard InChI is InChI=1S/C21H20N2O3S/c1-23(27(2,25)26)20-14-13-18(16-9-5-3-6-10-16)15-19(20)22-21(24)17-11-7-4-8-12-17/h3-15H,1-2H3,(H,22,24). The van der Waals surface area contributed by atoms with Gasteiger partial charge in [0, 0.05) is 12.6 Å². The lowest BCUT2D eigenvalue weighted by Gasteiger charge is -2.21. The average Bonchev–Trinajstić information content (AvgIpc) is 2.68. The Morgan fingerprint density at radius 3 is 2.04 bits per heavy atom. The summed E-state index contributed by atoms with van der Waals surface area (Å²) in [7, 11) is -2.01. The number of carbonyl (C=O) groups is 1. The zero-order chi connectivity index (χ0) is 19.4. The molecule has 0 atom stereocenters. The van der Waals surface area contributed by atoms with Crippen LogP contribution in [-0.4, -0.2) is 27.6 Å². The Hall–Kier alpha value is -3.12. The Bertz CT molecular complexity index is 1050. The molecule has 27 heavy (non-hydrogen) atoms. The Kier molecular flexibility index (Phi) is 5.28. The zero-order valence-electron chi connectivity index (χ0n) is 15.1. The van der Waals surface area contributed by atoms with Gasteiger partial charge in [-0.3, -0.25) is 9.10 Å². The van der Waals surface area contributed by atoms with Crippen LogP contribution < -0.4 is 9.62 Å². The lowest BCUT2D eigenvalue weighted by Crippen LogP contribution is -2.26. The van der Waals surface area contributed by atoms with Crippen molar-refractivity contribution in [3.05, 3.63) is 84.4 Å². The lowest BCUT2D eigenvalue weighted by atomic mass is 10.0. The first-order valence-corrected chi connectivity index (χ1v) is 10.2. The fourth-order valence-corrected chi connectivity index (χ4v) is 3.20. The fourth-order valence-electron chi connectivity index (χ4n) is 2.68. The largest absolute Gasteiger partial charge is 0.320 e. The molecule has 0 saturated carbocycles. The summed E-state index contributed by atoms with van der Waals surface area (Å²) in [4.78, 5) is 12.6. The molecule has 6 heteroatoms. The highest BCUT2D eigenvalue weighted by Crippen LogP contribution is 2.32. The third-order valence-electron chi connectivity index (χ3n) is 4.22. The highest BCUT2D eigenvalue weighted by molar-refractivity contribution is 7.92. The predicted molar refractivity (Wildman–Crippen MR) is 110 cm³/mol. The van der Waals surface area contributed by atoms with E-state index in [2.05, 4.69) is 5.32 Å². The number of benzene rings is 3. The van der Waals surface area contributed by atoms with Gasteiger partial charge >= 0.3 is 0 Å². The van der Waals surface area contributed by atoms with Crippen LogP contribution in [0.1, 0.15) is 10.4 Å². The maximum atomic E-state index is 12.6. The predicted octanol–water partition coefficient (Wildman–Crippen LogP) is 4.00. The van der Waals surface area contributed by atoms with Crippen LogP contribution in [-0.2, 0) is 10.0 Å². The number of carbonyl (C=O) groups excluding carboxylic acids is 1. The number of sulfonamides is 1. The van der Waals surface area contributed by atoms with Crippen LogP contribution >= 0.6 is 0 Å². The van der Waals surface area contributed by atoms with Gasteiger partial charge in [-0.05, 0) is 35.4 Å². The highest BCUT2D eigenvalue weighted by Gasteiger charge is 2.18. The Balaban J connectivity index is 2.05. The number of amides is 1. The molecule has 0 saturated heterocycles. The van der Waals surface area contributed by atoms with Crippen molar-refractivity contribution in [3.8, 4) is 11.1 Å². The Morgan fingerprint density at radius 1 is 0.852 bits per heavy atom. The number of nitrogens with one attached hydrogen (secondary N) is 1. The normalized spacial score (nSPS) is 11.0. The van der Waals surface area contributed by atoms with Crippen LogP contribution in [0.5, 0.6) is 0 Å². The van der Waals surface area contributed by atoms with Gasteiger partial charge in [0.15, 0.2) is 0 Å². The van der Waals surface area contributed by atoms with Crippen molar-refractivity contribution < 1.29 is 13.2 Å². The first-order chi connectivity index (χ1) is 12.9. The van der Waals surface area contributed by atoms with Gasteiger partial charge in [0.25, 0.3) is 5.91 Å². The monoisotopic (exact) mass is 380 g/mol. The van der Waals surface area contributed by atoms with Gasteiger partial charge in [-0.25, -0.2) is 8.42 Å². The van der Waals surface area contributed by atoms with E-state index in [9.17, 15) is 13.2 Å². The third kappa shape index (κ3) is 4.35. The van der Waals surface area contributed by atoms with Crippen LogP contribution in [0.15, 0.2) is 78.9 Å². The molecule has 0 aliphatic carbocycles. The summed E-state index contributed by atoms with van der Waals surface area (Å²) in [6.45, 7) is 0. The molecule has 0 radical (unpaired) electrons. The molecule has 0 fully saturated rings. The maximum absolute atomic E-state index is 12.6. The van der Waals surface area contributed by atoms with Gasteiger partial charge in [0.1, 0.15) is 0 Å². The van der Waals surface area contributed by atoms with Gasteiger partial charge in [0.05, 0.1) is 17.6 Å². The fraction of sp³-hybridized carbons (Fsp3) is 0.0952. The van der Waals surface area contributed by atoms with Crippen molar-refractivity contribution in [2.24, 2.45) is 0 Å². The van der Waals surface area contributed by atoms with Crippen LogP contribution in [0.2, 0.25) is 0 Å². The average molecular weight is 380 g/mol. The van der Waals surface area contributed by atoms with Gasteiger partial charge in [-0.1, -0.05) is 54.6 Å². The van der Waals surface area contributed by atoms with E-state index in [1.54, 1.807) is 36.4 Å². The molecule has 3 aromatic rings. The summed E-state index contributed by atoms with van der Waals surface area (Å²) in [5, 5.41) is 2.84. The topological polar surface area (TPSA) is 66.5 Å². The first kappa shape index (κ1) is 18.7. The van der Waals surface area contributed by atoms with Crippen molar-refractivity contribution in [3.63, 3.8) is 0 Å². The van der Waals surface area contributed by atoms with E-state index in [0.717, 1.165) is 21.7 Å².